The molecule has 1 aromatic heterocycles. The third-order valence-electron chi connectivity index (χ3n) is 3.56. The number of pyridine rings is 1. The van der Waals surface area contributed by atoms with Gasteiger partial charge in [-0.05, 0) is 24.5 Å². The van der Waals surface area contributed by atoms with Crippen molar-refractivity contribution in [2.45, 2.75) is 38.2 Å². The molecule has 0 saturated heterocycles. The minimum Gasteiger partial charge on any atom is -0.469 e. The molecule has 0 aliphatic heterocycles. The number of aromatic nitrogens is 1. The van der Waals surface area contributed by atoms with Gasteiger partial charge in [-0.15, -0.1) is 0 Å². The van der Waals surface area contributed by atoms with Gasteiger partial charge < -0.3 is 14.6 Å². The van der Waals surface area contributed by atoms with Crippen LogP contribution in [0.25, 0.3) is 0 Å². The lowest BCUT2D eigenvalue weighted by Gasteiger charge is -2.28. The van der Waals surface area contributed by atoms with E-state index >= 15 is 0 Å². The molecule has 0 radical (unpaired) electrons. The smallest absolute Gasteiger partial charge is 0.308 e. The number of aliphatic hydroxyl groups is 1. The Hall–Kier alpha value is -2.02. The van der Waals surface area contributed by atoms with Crippen molar-refractivity contribution in [2.75, 3.05) is 14.2 Å². The number of nitrogens with zero attached hydrogens (tertiary/aromatic N) is 1. The van der Waals surface area contributed by atoms with Crippen LogP contribution >= 0.6 is 0 Å². The number of halogens is 1. The topological polar surface area (TPSA) is 85.7 Å². The van der Waals surface area contributed by atoms with Crippen molar-refractivity contribution in [1.82, 2.24) is 4.98 Å². The third kappa shape index (κ3) is 4.24. The number of methoxy groups -OCH3 is 2. The monoisotopic (exact) mass is 313 g/mol. The molecular weight excluding hydrogens is 293 g/mol. The SMILES string of the molecule is CCC(O)(CC(=O)OC)c1ccnc(F)c1CCC(=O)OC. The van der Waals surface area contributed by atoms with Crippen LogP contribution in [-0.2, 0) is 31.1 Å². The highest BCUT2D eigenvalue weighted by atomic mass is 19.1. The Labute approximate surface area is 128 Å². The lowest BCUT2D eigenvalue weighted by molar-refractivity contribution is -0.147. The fraction of sp³-hybridized carbons (Fsp3) is 0.533. The Bertz CT molecular complexity index is 549. The molecule has 1 unspecified atom stereocenters. The Morgan fingerprint density at radius 3 is 2.50 bits per heavy atom. The zero-order valence-corrected chi connectivity index (χ0v) is 12.9. The number of carbonyl (C=O) groups excluding carboxylic acids is 2. The molecule has 1 heterocycles. The molecule has 6 nitrogen and oxygen atoms in total. The first kappa shape index (κ1) is 18.0. The van der Waals surface area contributed by atoms with Crippen LogP contribution in [0.15, 0.2) is 12.3 Å². The van der Waals surface area contributed by atoms with E-state index in [2.05, 4.69) is 14.5 Å². The van der Waals surface area contributed by atoms with Gasteiger partial charge in [0.1, 0.15) is 5.60 Å². The summed E-state index contributed by atoms with van der Waals surface area (Å²) in [7, 11) is 2.45. The second-order valence-electron chi connectivity index (χ2n) is 4.84. The standard InChI is InChI=1S/C15H20FNO5/c1-4-15(20,9-13(19)22-3)11-7-8-17-14(16)10(11)5-6-12(18)21-2/h7-8,20H,4-6,9H2,1-3H3. The van der Waals surface area contributed by atoms with E-state index in [1.54, 1.807) is 6.92 Å². The van der Waals surface area contributed by atoms with Gasteiger partial charge in [-0.25, -0.2) is 4.98 Å². The Morgan fingerprint density at radius 2 is 1.95 bits per heavy atom. The predicted octanol–water partition coefficient (Wildman–Crippen LogP) is 1.49. The number of esters is 2. The molecule has 0 amide bonds. The van der Waals surface area contributed by atoms with Crippen LogP contribution in [0.5, 0.6) is 0 Å². The molecule has 1 aromatic rings. The van der Waals surface area contributed by atoms with Gasteiger partial charge in [-0.1, -0.05) is 6.92 Å². The number of ether oxygens (including phenoxy) is 2. The average molecular weight is 313 g/mol. The molecule has 0 aliphatic rings. The number of hydrogen-bond acceptors (Lipinski definition) is 6. The normalized spacial score (nSPS) is 13.3. The summed E-state index contributed by atoms with van der Waals surface area (Å²) in [6.45, 7) is 1.67. The third-order valence-corrected chi connectivity index (χ3v) is 3.56. The lowest BCUT2D eigenvalue weighted by atomic mass is 9.84. The highest BCUT2D eigenvalue weighted by molar-refractivity contribution is 5.71. The molecule has 7 heteroatoms. The average Bonchev–Trinajstić information content (AvgIpc) is 2.52. The van der Waals surface area contributed by atoms with Gasteiger partial charge in [-0.3, -0.25) is 9.59 Å². The van der Waals surface area contributed by atoms with Crippen LogP contribution in [0.4, 0.5) is 4.39 Å². The molecule has 22 heavy (non-hydrogen) atoms. The Morgan fingerprint density at radius 1 is 1.32 bits per heavy atom. The summed E-state index contributed by atoms with van der Waals surface area (Å²) in [4.78, 5) is 26.3. The first-order valence-electron chi connectivity index (χ1n) is 6.87. The summed E-state index contributed by atoms with van der Waals surface area (Å²) in [6, 6.07) is 1.45. The van der Waals surface area contributed by atoms with Crippen molar-refractivity contribution in [3.8, 4) is 0 Å². The summed E-state index contributed by atoms with van der Waals surface area (Å²) in [6.07, 6.45) is 1.05. The van der Waals surface area contributed by atoms with Crippen molar-refractivity contribution in [3.63, 3.8) is 0 Å². The van der Waals surface area contributed by atoms with Gasteiger partial charge in [-0.2, -0.15) is 4.39 Å². The maximum absolute atomic E-state index is 14.0. The van der Waals surface area contributed by atoms with Crippen molar-refractivity contribution < 1.29 is 28.6 Å². The Kier molecular flexibility index (Phi) is 6.42. The van der Waals surface area contributed by atoms with E-state index in [0.29, 0.717) is 0 Å². The van der Waals surface area contributed by atoms with Gasteiger partial charge >= 0.3 is 11.9 Å². The highest BCUT2D eigenvalue weighted by Crippen LogP contribution is 2.33. The number of carbonyl (C=O) groups is 2. The zero-order chi connectivity index (χ0) is 16.8. The van der Waals surface area contributed by atoms with E-state index in [9.17, 15) is 19.1 Å². The lowest BCUT2D eigenvalue weighted by Crippen LogP contribution is -2.31. The van der Waals surface area contributed by atoms with E-state index in [1.807, 2.05) is 0 Å². The number of hydrogen-bond donors (Lipinski definition) is 1. The fourth-order valence-corrected chi connectivity index (χ4v) is 2.19. The van der Waals surface area contributed by atoms with E-state index < -0.39 is 23.5 Å². The van der Waals surface area contributed by atoms with Gasteiger partial charge in [0.15, 0.2) is 0 Å². The first-order chi connectivity index (χ1) is 10.4. The molecule has 0 bridgehead atoms. The summed E-state index contributed by atoms with van der Waals surface area (Å²) in [5, 5.41) is 10.7. The summed E-state index contributed by atoms with van der Waals surface area (Å²) >= 11 is 0. The second kappa shape index (κ2) is 7.84. The Balaban J connectivity index is 3.18. The molecule has 1 atom stereocenters. The van der Waals surface area contributed by atoms with Gasteiger partial charge in [0.25, 0.3) is 0 Å². The first-order valence-corrected chi connectivity index (χ1v) is 6.87. The molecular formula is C15H20FNO5. The van der Waals surface area contributed by atoms with Crippen molar-refractivity contribution in [1.29, 1.82) is 0 Å². The van der Waals surface area contributed by atoms with E-state index in [-0.39, 0.29) is 36.8 Å². The van der Waals surface area contributed by atoms with Gasteiger partial charge in [0.05, 0.1) is 20.6 Å². The number of rotatable bonds is 7. The van der Waals surface area contributed by atoms with Crippen LogP contribution in [-0.4, -0.2) is 36.2 Å². The van der Waals surface area contributed by atoms with E-state index in [0.717, 1.165) is 0 Å². The van der Waals surface area contributed by atoms with Gasteiger partial charge in [0.2, 0.25) is 5.95 Å². The van der Waals surface area contributed by atoms with Crippen molar-refractivity contribution in [2.24, 2.45) is 0 Å². The van der Waals surface area contributed by atoms with Gasteiger partial charge in [0, 0.05) is 18.2 Å². The van der Waals surface area contributed by atoms with Crippen LogP contribution in [0, 0.1) is 5.95 Å². The second-order valence-corrected chi connectivity index (χ2v) is 4.84. The minimum absolute atomic E-state index is 0.0190. The molecule has 0 aliphatic carbocycles. The molecule has 0 saturated carbocycles. The highest BCUT2D eigenvalue weighted by Gasteiger charge is 2.34. The zero-order valence-electron chi connectivity index (χ0n) is 12.9. The van der Waals surface area contributed by atoms with Crippen LogP contribution < -0.4 is 0 Å². The maximum atomic E-state index is 14.0. The fourth-order valence-electron chi connectivity index (χ4n) is 2.19. The molecule has 1 rings (SSSR count). The molecule has 0 spiro atoms. The quantitative estimate of drug-likeness (QED) is 0.606. The van der Waals surface area contributed by atoms with Crippen molar-refractivity contribution in [3.05, 3.63) is 29.3 Å². The molecule has 0 fully saturated rings. The molecule has 0 aromatic carbocycles. The summed E-state index contributed by atoms with van der Waals surface area (Å²) in [5.74, 6) is -1.89. The molecule has 122 valence electrons. The largest absolute Gasteiger partial charge is 0.469 e. The van der Waals surface area contributed by atoms with Crippen LogP contribution in [0.2, 0.25) is 0 Å². The maximum Gasteiger partial charge on any atom is 0.308 e. The summed E-state index contributed by atoms with van der Waals surface area (Å²) < 4.78 is 23.1. The summed E-state index contributed by atoms with van der Waals surface area (Å²) in [5.41, 5.74) is -1.25. The molecule has 1 N–H and O–H groups in total. The van der Waals surface area contributed by atoms with Crippen molar-refractivity contribution >= 4 is 11.9 Å². The van der Waals surface area contributed by atoms with E-state index in [4.69, 9.17) is 0 Å². The van der Waals surface area contributed by atoms with Crippen LogP contribution in [0.1, 0.15) is 37.3 Å². The minimum atomic E-state index is -1.58. The van der Waals surface area contributed by atoms with E-state index in [1.165, 1.54) is 26.5 Å². The predicted molar refractivity (Wildman–Crippen MR) is 75.4 cm³/mol. The van der Waals surface area contributed by atoms with Crippen LogP contribution in [0.3, 0.4) is 0 Å².